The second-order valence-corrected chi connectivity index (χ2v) is 9.70. The molecule has 0 N–H and O–H groups in total. The third kappa shape index (κ3) is 4.33. The van der Waals surface area contributed by atoms with Gasteiger partial charge in [0, 0.05) is 6.54 Å². The lowest BCUT2D eigenvalue weighted by atomic mass is 10.0. The normalized spacial score (nSPS) is 23.5. The summed E-state index contributed by atoms with van der Waals surface area (Å²) in [4.78, 5) is 2.62. The Morgan fingerprint density at radius 3 is 1.84 bits per heavy atom. The molecule has 0 bridgehead atoms. The predicted molar refractivity (Wildman–Crippen MR) is 113 cm³/mol. The van der Waals surface area contributed by atoms with Gasteiger partial charge in [0.05, 0.1) is 0 Å². The van der Waals surface area contributed by atoms with Crippen molar-refractivity contribution >= 4 is 18.5 Å². The second kappa shape index (κ2) is 8.97. The monoisotopic (exact) mass is 353 g/mol. The van der Waals surface area contributed by atoms with Gasteiger partial charge in [0.1, 0.15) is 0 Å². The molecular weight excluding hydrogens is 321 g/mol. The van der Waals surface area contributed by atoms with Gasteiger partial charge in [-0.3, -0.25) is 0 Å². The molecule has 1 fully saturated rings. The van der Waals surface area contributed by atoms with Crippen LogP contribution in [-0.4, -0.2) is 30.2 Å². The first kappa shape index (κ1) is 18.6. The molecule has 1 aliphatic carbocycles. The van der Waals surface area contributed by atoms with Crippen LogP contribution in [0.15, 0.2) is 60.7 Å². The van der Waals surface area contributed by atoms with E-state index in [0.29, 0.717) is 0 Å². The Labute approximate surface area is 155 Å². The highest BCUT2D eigenvalue weighted by atomic mass is 31.1. The Kier molecular flexibility index (Phi) is 6.68. The Hall–Kier alpha value is -1.17. The lowest BCUT2D eigenvalue weighted by Crippen LogP contribution is -2.36. The van der Waals surface area contributed by atoms with Crippen molar-refractivity contribution in [3.63, 3.8) is 0 Å². The van der Waals surface area contributed by atoms with Crippen molar-refractivity contribution in [2.45, 2.75) is 39.3 Å². The molecule has 0 saturated heterocycles. The van der Waals surface area contributed by atoms with Gasteiger partial charge < -0.3 is 4.90 Å². The number of nitrogens with zero attached hydrogens (tertiary/aromatic N) is 1. The zero-order valence-electron chi connectivity index (χ0n) is 15.9. The first-order valence-corrected chi connectivity index (χ1v) is 11.3. The van der Waals surface area contributed by atoms with Crippen molar-refractivity contribution < 1.29 is 0 Å². The lowest BCUT2D eigenvalue weighted by molar-refractivity contribution is 0.254. The van der Waals surface area contributed by atoms with Gasteiger partial charge in [0.25, 0.3) is 0 Å². The summed E-state index contributed by atoms with van der Waals surface area (Å²) in [6, 6.07) is 22.6. The first-order chi connectivity index (χ1) is 12.2. The Bertz CT molecular complexity index is 584. The summed E-state index contributed by atoms with van der Waals surface area (Å²) in [5, 5.41) is 3.10. The largest absolute Gasteiger partial charge is 0.304 e. The van der Waals surface area contributed by atoms with E-state index in [1.807, 2.05) is 0 Å². The third-order valence-electron chi connectivity index (χ3n) is 5.81. The van der Waals surface area contributed by atoms with E-state index in [9.17, 15) is 0 Å². The predicted octanol–water partition coefficient (Wildman–Crippen LogP) is 4.88. The highest BCUT2D eigenvalue weighted by Crippen LogP contribution is 2.52. The zero-order valence-corrected chi connectivity index (χ0v) is 16.8. The van der Waals surface area contributed by atoms with E-state index in [4.69, 9.17) is 0 Å². The number of hydrogen-bond donors (Lipinski definition) is 0. The second-order valence-electron chi connectivity index (χ2n) is 7.33. The zero-order chi connectivity index (χ0) is 17.6. The molecule has 0 radical (unpaired) electrons. The fraction of sp³-hybridized carbons (Fsp3) is 0.478. The number of benzene rings is 2. The van der Waals surface area contributed by atoms with Gasteiger partial charge in [-0.25, -0.2) is 0 Å². The minimum Gasteiger partial charge on any atom is -0.304 e. The summed E-state index contributed by atoms with van der Waals surface area (Å²) >= 11 is 0. The molecule has 0 amide bonds. The quantitative estimate of drug-likeness (QED) is 0.642. The fourth-order valence-corrected chi connectivity index (χ4v) is 7.73. The molecular formula is C23H32NP. The topological polar surface area (TPSA) is 3.24 Å². The molecule has 0 heterocycles. The van der Waals surface area contributed by atoms with Crippen molar-refractivity contribution in [2.75, 3.05) is 19.6 Å². The van der Waals surface area contributed by atoms with Gasteiger partial charge in [-0.15, -0.1) is 0 Å². The van der Waals surface area contributed by atoms with E-state index in [-0.39, 0.29) is 7.92 Å². The van der Waals surface area contributed by atoms with Crippen molar-refractivity contribution in [1.29, 1.82) is 0 Å². The summed E-state index contributed by atoms with van der Waals surface area (Å²) in [5.41, 5.74) is 0.792. The number of hydrogen-bond acceptors (Lipinski definition) is 1. The van der Waals surface area contributed by atoms with Crippen LogP contribution in [0.2, 0.25) is 0 Å². The van der Waals surface area contributed by atoms with Gasteiger partial charge in [0.2, 0.25) is 0 Å². The molecule has 2 heteroatoms. The first-order valence-electron chi connectivity index (χ1n) is 9.86. The summed E-state index contributed by atoms with van der Waals surface area (Å²) in [5.74, 6) is 1.63. The molecule has 3 rings (SSSR count). The molecule has 2 aromatic carbocycles. The van der Waals surface area contributed by atoms with E-state index in [1.165, 1.54) is 32.5 Å². The van der Waals surface area contributed by atoms with Crippen molar-refractivity contribution in [1.82, 2.24) is 4.90 Å². The van der Waals surface area contributed by atoms with Crippen LogP contribution >= 0.6 is 7.92 Å². The van der Waals surface area contributed by atoms with E-state index in [0.717, 1.165) is 17.5 Å². The molecule has 3 unspecified atom stereocenters. The number of rotatable bonds is 7. The van der Waals surface area contributed by atoms with Crippen molar-refractivity contribution in [3.8, 4) is 0 Å². The Morgan fingerprint density at radius 2 is 1.36 bits per heavy atom. The highest BCUT2D eigenvalue weighted by Gasteiger charge is 2.40. The van der Waals surface area contributed by atoms with Gasteiger partial charge in [-0.2, -0.15) is 0 Å². The lowest BCUT2D eigenvalue weighted by Gasteiger charge is -2.35. The van der Waals surface area contributed by atoms with Crippen molar-refractivity contribution in [2.24, 2.45) is 11.8 Å². The van der Waals surface area contributed by atoms with Crippen LogP contribution in [0.5, 0.6) is 0 Å². The standard InChI is InChI=1S/C23H32NP/c1-4-24(5-2)18-20-17-16-19(3)23(20)25(21-12-8-6-9-13-21)22-14-10-7-11-15-22/h6-15,19-20,23H,4-5,16-18H2,1-3H3. The Morgan fingerprint density at radius 1 is 0.840 bits per heavy atom. The van der Waals surface area contributed by atoms with E-state index in [1.54, 1.807) is 10.6 Å². The molecule has 2 aromatic rings. The highest BCUT2D eigenvalue weighted by molar-refractivity contribution is 7.73. The minimum absolute atomic E-state index is 0.298. The molecule has 0 aliphatic heterocycles. The molecule has 1 nitrogen and oxygen atoms in total. The smallest absolute Gasteiger partial charge is 0.00158 e. The van der Waals surface area contributed by atoms with E-state index >= 15 is 0 Å². The molecule has 1 saturated carbocycles. The maximum Gasteiger partial charge on any atom is 0.00158 e. The van der Waals surface area contributed by atoms with Crippen LogP contribution in [0.25, 0.3) is 0 Å². The third-order valence-corrected chi connectivity index (χ3v) is 9.05. The summed E-state index contributed by atoms with van der Waals surface area (Å²) < 4.78 is 0. The van der Waals surface area contributed by atoms with Crippen LogP contribution in [0.3, 0.4) is 0 Å². The van der Waals surface area contributed by atoms with Crippen LogP contribution in [0, 0.1) is 11.8 Å². The Balaban J connectivity index is 1.96. The summed E-state index contributed by atoms with van der Waals surface area (Å²) in [7, 11) is -0.298. The van der Waals surface area contributed by atoms with Crippen LogP contribution in [0.1, 0.15) is 33.6 Å². The van der Waals surface area contributed by atoms with Crippen LogP contribution < -0.4 is 10.6 Å². The minimum atomic E-state index is -0.298. The molecule has 134 valence electrons. The fourth-order valence-electron chi connectivity index (χ4n) is 4.43. The molecule has 3 atom stereocenters. The van der Waals surface area contributed by atoms with Gasteiger partial charge in [-0.05, 0) is 62.0 Å². The average Bonchev–Trinajstić information content (AvgIpc) is 3.02. The molecule has 0 spiro atoms. The maximum atomic E-state index is 2.62. The van der Waals surface area contributed by atoms with Crippen molar-refractivity contribution in [3.05, 3.63) is 60.7 Å². The van der Waals surface area contributed by atoms with Gasteiger partial charge in [-0.1, -0.05) is 81.4 Å². The summed E-state index contributed by atoms with van der Waals surface area (Å²) in [6.45, 7) is 10.7. The molecule has 0 aromatic heterocycles. The molecule has 25 heavy (non-hydrogen) atoms. The van der Waals surface area contributed by atoms with E-state index < -0.39 is 0 Å². The van der Waals surface area contributed by atoms with E-state index in [2.05, 4.69) is 86.3 Å². The average molecular weight is 353 g/mol. The SMILES string of the molecule is CCN(CC)CC1CCC(C)C1P(c1ccccc1)c1ccccc1. The molecule has 1 aliphatic rings. The van der Waals surface area contributed by atoms with Crippen LogP contribution in [-0.2, 0) is 0 Å². The summed E-state index contributed by atoms with van der Waals surface area (Å²) in [6.07, 6.45) is 2.77. The van der Waals surface area contributed by atoms with Gasteiger partial charge in [0.15, 0.2) is 0 Å². The van der Waals surface area contributed by atoms with Gasteiger partial charge >= 0.3 is 0 Å². The van der Waals surface area contributed by atoms with Crippen LogP contribution in [0.4, 0.5) is 0 Å². The maximum absolute atomic E-state index is 2.62.